The maximum absolute atomic E-state index is 14.3. The van der Waals surface area contributed by atoms with Crippen molar-refractivity contribution in [1.29, 1.82) is 0 Å². The van der Waals surface area contributed by atoms with Crippen LogP contribution >= 0.6 is 0 Å². The SMILES string of the molecule is NC1=NC(=O)C2=NCN(c3ccccc3[C@H]3CCOC[C@@H]4O[C@H](Oc5c3cc3c(c5OC[C@H](O)CC=O)C(=O)c5ccccc5C3=O)[C@@H](O)[C@H](O)[C@H]4O)C2=N1. The number of nitrogens with zero attached hydrogens (tertiary/aromatic N) is 4. The number of anilines is 1. The Balaban J connectivity index is 1.37. The molecule has 0 saturated carbocycles. The van der Waals surface area contributed by atoms with Crippen LogP contribution in [0.25, 0.3) is 0 Å². The number of aliphatic hydroxyl groups excluding tert-OH is 4. The molecule has 17 nitrogen and oxygen atoms in total. The van der Waals surface area contributed by atoms with Gasteiger partial charge in [-0.2, -0.15) is 9.98 Å². The summed E-state index contributed by atoms with van der Waals surface area (Å²) in [4.78, 5) is 66.7. The maximum Gasteiger partial charge on any atom is 0.302 e. The quantitative estimate of drug-likeness (QED) is 0.156. The number of benzene rings is 3. The van der Waals surface area contributed by atoms with Crippen molar-refractivity contribution >= 4 is 47.0 Å². The average Bonchev–Trinajstić information content (AvgIpc) is 3.60. The summed E-state index contributed by atoms with van der Waals surface area (Å²) in [5.74, 6) is -3.04. The van der Waals surface area contributed by atoms with Crippen LogP contribution in [0.1, 0.15) is 61.7 Å². The number of hydrogen-bond acceptors (Lipinski definition) is 16. The third kappa shape index (κ3) is 6.29. The number of amidine groups is 1. The molecular weight excluding hydrogens is 718 g/mol. The second kappa shape index (κ2) is 14.5. The Morgan fingerprint density at radius 2 is 1.69 bits per heavy atom. The van der Waals surface area contributed by atoms with Gasteiger partial charge < -0.3 is 54.8 Å². The summed E-state index contributed by atoms with van der Waals surface area (Å²) >= 11 is 0. The lowest BCUT2D eigenvalue weighted by molar-refractivity contribution is -0.279. The number of nitrogens with two attached hydrogens (primary N) is 1. The lowest BCUT2D eigenvalue weighted by Crippen LogP contribution is -2.60. The molecule has 8 rings (SSSR count). The lowest BCUT2D eigenvalue weighted by Gasteiger charge is -2.40. The van der Waals surface area contributed by atoms with E-state index in [1.807, 2.05) is 0 Å². The highest BCUT2D eigenvalue weighted by molar-refractivity contribution is 6.72. The zero-order chi connectivity index (χ0) is 38.5. The van der Waals surface area contributed by atoms with Crippen molar-refractivity contribution in [2.24, 2.45) is 20.7 Å². The van der Waals surface area contributed by atoms with Crippen LogP contribution in [0.2, 0.25) is 0 Å². The van der Waals surface area contributed by atoms with Crippen molar-refractivity contribution < 1.29 is 58.6 Å². The molecule has 3 aromatic carbocycles. The van der Waals surface area contributed by atoms with E-state index in [0.717, 1.165) is 0 Å². The highest BCUT2D eigenvalue weighted by atomic mass is 16.7. The molecular formula is C38H35N5O12. The number of fused-ring (bicyclic) bond motifs is 6. The maximum atomic E-state index is 14.3. The molecule has 1 amide bonds. The number of ketones is 2. The Kier molecular flexibility index (Phi) is 9.58. The van der Waals surface area contributed by atoms with E-state index < -0.39 is 66.8 Å². The van der Waals surface area contributed by atoms with Crippen LogP contribution in [0, 0.1) is 0 Å². The summed E-state index contributed by atoms with van der Waals surface area (Å²) in [6.45, 7) is -0.708. The Hall–Kier alpha value is -5.69. The Morgan fingerprint density at radius 3 is 2.47 bits per heavy atom. The summed E-state index contributed by atoms with van der Waals surface area (Å²) in [6.07, 6.45) is -8.89. The topological polar surface area (TPSA) is 252 Å². The number of guanidine groups is 1. The molecule has 1 saturated heterocycles. The molecule has 55 heavy (non-hydrogen) atoms. The van der Waals surface area contributed by atoms with E-state index in [-0.39, 0.29) is 89.5 Å². The van der Waals surface area contributed by atoms with Crippen LogP contribution < -0.4 is 20.1 Å². The average molecular weight is 754 g/mol. The van der Waals surface area contributed by atoms with Gasteiger partial charge in [-0.15, -0.1) is 0 Å². The van der Waals surface area contributed by atoms with Crippen molar-refractivity contribution in [3.05, 3.63) is 88.0 Å². The van der Waals surface area contributed by atoms with E-state index in [1.54, 1.807) is 41.3 Å². The first-order valence-electron chi connectivity index (χ1n) is 17.5. The van der Waals surface area contributed by atoms with Crippen LogP contribution in [0.15, 0.2) is 69.6 Å². The number of rotatable bonds is 7. The predicted octanol–water partition coefficient (Wildman–Crippen LogP) is 0.00120. The third-order valence-corrected chi connectivity index (χ3v) is 10.1. The van der Waals surface area contributed by atoms with Crippen molar-refractivity contribution in [3.63, 3.8) is 0 Å². The van der Waals surface area contributed by atoms with Gasteiger partial charge in [-0.25, -0.2) is 0 Å². The minimum atomic E-state index is -1.82. The molecule has 2 bridgehead atoms. The Labute approximate surface area is 312 Å². The van der Waals surface area contributed by atoms with Gasteiger partial charge >= 0.3 is 5.91 Å². The molecule has 1 aliphatic carbocycles. The minimum absolute atomic E-state index is 0.0111. The molecule has 1 fully saturated rings. The first-order chi connectivity index (χ1) is 26.6. The van der Waals surface area contributed by atoms with Crippen molar-refractivity contribution in [1.82, 2.24) is 0 Å². The number of carbonyl (C=O) groups excluding carboxylic acids is 4. The molecule has 3 aromatic rings. The minimum Gasteiger partial charge on any atom is -0.486 e. The van der Waals surface area contributed by atoms with Crippen LogP contribution in [-0.2, 0) is 19.1 Å². The van der Waals surface area contributed by atoms with Crippen LogP contribution in [0.5, 0.6) is 11.5 Å². The fourth-order valence-corrected chi connectivity index (χ4v) is 7.44. The molecule has 0 unspecified atom stereocenters. The molecule has 0 aromatic heterocycles. The van der Waals surface area contributed by atoms with Crippen molar-refractivity contribution in [2.75, 3.05) is 31.4 Å². The highest BCUT2D eigenvalue weighted by Crippen LogP contribution is 2.49. The zero-order valence-corrected chi connectivity index (χ0v) is 29.0. The van der Waals surface area contributed by atoms with Crippen LogP contribution in [0.4, 0.5) is 5.69 Å². The molecule has 7 atom stereocenters. The van der Waals surface area contributed by atoms with Gasteiger partial charge in [0.2, 0.25) is 12.2 Å². The lowest BCUT2D eigenvalue weighted by atomic mass is 9.79. The largest absolute Gasteiger partial charge is 0.486 e. The van der Waals surface area contributed by atoms with Crippen LogP contribution in [0.3, 0.4) is 0 Å². The van der Waals surface area contributed by atoms with Crippen molar-refractivity contribution in [3.8, 4) is 11.5 Å². The zero-order valence-electron chi connectivity index (χ0n) is 29.0. The number of aldehydes is 1. The van der Waals surface area contributed by atoms with Gasteiger partial charge in [0.1, 0.15) is 44.0 Å². The first kappa shape index (κ1) is 36.3. The number of aliphatic hydroxyl groups is 4. The summed E-state index contributed by atoms with van der Waals surface area (Å²) in [5, 5.41) is 43.5. The first-order valence-corrected chi connectivity index (χ1v) is 17.5. The van der Waals surface area contributed by atoms with Gasteiger partial charge in [0.05, 0.1) is 18.3 Å². The van der Waals surface area contributed by atoms with E-state index in [0.29, 0.717) is 17.5 Å². The predicted molar refractivity (Wildman–Crippen MR) is 192 cm³/mol. The smallest absolute Gasteiger partial charge is 0.302 e. The number of para-hydroxylation sites is 1. The molecule has 5 aliphatic rings. The van der Waals surface area contributed by atoms with Gasteiger partial charge in [-0.3, -0.25) is 19.4 Å². The summed E-state index contributed by atoms with van der Waals surface area (Å²) in [7, 11) is 0. The summed E-state index contributed by atoms with van der Waals surface area (Å²) in [5.41, 5.74) is 7.29. The molecule has 284 valence electrons. The van der Waals surface area contributed by atoms with E-state index in [1.165, 1.54) is 18.2 Å². The van der Waals surface area contributed by atoms with Gasteiger partial charge in [-0.05, 0) is 24.1 Å². The van der Waals surface area contributed by atoms with Gasteiger partial charge in [0.25, 0.3) is 0 Å². The molecule has 4 heterocycles. The second-order valence-corrected chi connectivity index (χ2v) is 13.5. The van der Waals surface area contributed by atoms with E-state index in [4.69, 9.17) is 24.7 Å². The number of carbonyl (C=O) groups is 4. The van der Waals surface area contributed by atoms with Gasteiger partial charge in [0, 0.05) is 46.9 Å². The normalized spacial score (nSPS) is 26.5. The number of ether oxygens (including phenoxy) is 4. The number of amides is 1. The fourth-order valence-electron chi connectivity index (χ4n) is 7.44. The standard InChI is InChI=1S/C38H35N5O12/c39-38-41-35-27(36(51)42-38)40-16-43(35)24-8-4-3-5-19(24)18-10-12-52-15-25-30(48)31(49)32(50)37(54-25)55-33-22(18)13-23-26(34(33)53-14-17(45)9-11-44)29(47)21-7-2-1-6-20(21)28(23)46/h1-8,11,13,17-18,25,30-32,37,45,48-50H,9-10,12,14-16H2,(H2,39,42,51)/t17-,18-,25+,30+,31-,32+,37-/m1/s1. The second-order valence-electron chi connectivity index (χ2n) is 13.5. The monoisotopic (exact) mass is 753 g/mol. The van der Waals surface area contributed by atoms with Crippen molar-refractivity contribution in [2.45, 2.75) is 55.6 Å². The molecule has 0 spiro atoms. The fraction of sp³-hybridized carbons (Fsp3) is 0.342. The number of hydrogen-bond donors (Lipinski definition) is 5. The third-order valence-electron chi connectivity index (χ3n) is 10.1. The molecule has 17 heteroatoms. The van der Waals surface area contributed by atoms with Crippen LogP contribution in [-0.4, -0.2) is 125 Å². The van der Waals surface area contributed by atoms with Gasteiger partial charge in [-0.1, -0.05) is 42.5 Å². The molecule has 6 N–H and O–H groups in total. The molecule has 4 aliphatic heterocycles. The van der Waals surface area contributed by atoms with E-state index >= 15 is 0 Å². The van der Waals surface area contributed by atoms with E-state index in [9.17, 15) is 39.6 Å². The summed E-state index contributed by atoms with van der Waals surface area (Å²) < 4.78 is 24.6. The highest BCUT2D eigenvalue weighted by Gasteiger charge is 2.47. The van der Waals surface area contributed by atoms with E-state index in [2.05, 4.69) is 15.0 Å². The van der Waals surface area contributed by atoms with Gasteiger partial charge in [0.15, 0.2) is 34.6 Å². The Morgan fingerprint density at radius 1 is 0.945 bits per heavy atom. The molecule has 0 radical (unpaired) electrons. The summed E-state index contributed by atoms with van der Waals surface area (Å²) in [6, 6.07) is 14.9. The Bertz CT molecular complexity index is 2200. The number of aliphatic imine (C=N–C) groups is 3.